The van der Waals surface area contributed by atoms with Crippen molar-refractivity contribution in [2.75, 3.05) is 5.32 Å². The number of halogens is 2. The van der Waals surface area contributed by atoms with Crippen molar-refractivity contribution in [1.29, 1.82) is 0 Å². The molecule has 0 radical (unpaired) electrons. The Balaban J connectivity index is 1.65. The molecular formula is C12H12Br2N4O. The number of rotatable bonds is 5. The molecule has 2 N–H and O–H groups in total. The summed E-state index contributed by atoms with van der Waals surface area (Å²) >= 11 is 6.88. The van der Waals surface area contributed by atoms with E-state index < -0.39 is 0 Å². The van der Waals surface area contributed by atoms with Gasteiger partial charge in [0.15, 0.2) is 0 Å². The van der Waals surface area contributed by atoms with E-state index in [0.717, 1.165) is 14.6 Å². The summed E-state index contributed by atoms with van der Waals surface area (Å²) in [4.78, 5) is 0. The minimum atomic E-state index is 0.399. The van der Waals surface area contributed by atoms with E-state index in [1.54, 1.807) is 0 Å². The smallest absolute Gasteiger partial charge is 0.320 e. The van der Waals surface area contributed by atoms with Crippen molar-refractivity contribution in [3.63, 3.8) is 0 Å². The van der Waals surface area contributed by atoms with Crippen LogP contribution < -0.4 is 10.6 Å². The van der Waals surface area contributed by atoms with Crippen LogP contribution in [0.2, 0.25) is 0 Å². The van der Waals surface area contributed by atoms with Crippen LogP contribution in [-0.4, -0.2) is 16.2 Å². The second kappa shape index (κ2) is 5.60. The first-order valence-corrected chi connectivity index (χ1v) is 7.57. The summed E-state index contributed by atoms with van der Waals surface area (Å²) < 4.78 is 7.46. The first kappa shape index (κ1) is 13.1. The lowest BCUT2D eigenvalue weighted by atomic mass is 10.3. The highest BCUT2D eigenvalue weighted by Gasteiger charge is 2.21. The van der Waals surface area contributed by atoms with Crippen molar-refractivity contribution in [2.24, 2.45) is 0 Å². The van der Waals surface area contributed by atoms with Crippen LogP contribution in [0.1, 0.15) is 18.7 Å². The topological polar surface area (TPSA) is 63.0 Å². The molecule has 3 rings (SSSR count). The maximum Gasteiger partial charge on any atom is 0.320 e. The summed E-state index contributed by atoms with van der Waals surface area (Å²) in [6.45, 7) is 0.626. The Labute approximate surface area is 127 Å². The molecule has 0 saturated heterocycles. The number of benzene rings is 1. The van der Waals surface area contributed by atoms with Gasteiger partial charge in [-0.15, -0.1) is 5.10 Å². The first-order chi connectivity index (χ1) is 9.20. The van der Waals surface area contributed by atoms with Gasteiger partial charge in [-0.05, 0) is 47.0 Å². The first-order valence-electron chi connectivity index (χ1n) is 5.98. The normalized spacial score (nSPS) is 14.6. The van der Waals surface area contributed by atoms with Gasteiger partial charge < -0.3 is 15.1 Å². The zero-order valence-corrected chi connectivity index (χ0v) is 13.2. The molecule has 0 amide bonds. The monoisotopic (exact) mass is 386 g/mol. The van der Waals surface area contributed by atoms with Crippen LogP contribution in [-0.2, 0) is 6.54 Å². The molecule has 0 spiro atoms. The van der Waals surface area contributed by atoms with Gasteiger partial charge in [0, 0.05) is 15.0 Å². The van der Waals surface area contributed by atoms with Crippen LogP contribution in [0.4, 0.5) is 11.7 Å². The maximum absolute atomic E-state index is 5.52. The minimum absolute atomic E-state index is 0.399. The molecule has 1 saturated carbocycles. The third-order valence-corrected chi connectivity index (χ3v) is 3.91. The van der Waals surface area contributed by atoms with E-state index in [0.29, 0.717) is 24.5 Å². The molecule has 2 aromatic rings. The molecule has 5 nitrogen and oxygen atoms in total. The quantitative estimate of drug-likeness (QED) is 0.820. The lowest BCUT2D eigenvalue weighted by Crippen LogP contribution is -2.15. The largest absolute Gasteiger partial charge is 0.406 e. The Morgan fingerprint density at radius 2 is 2.11 bits per heavy atom. The van der Waals surface area contributed by atoms with Gasteiger partial charge in [0.05, 0.1) is 12.2 Å². The summed E-state index contributed by atoms with van der Waals surface area (Å²) in [7, 11) is 0. The van der Waals surface area contributed by atoms with Crippen LogP contribution >= 0.6 is 31.9 Å². The summed E-state index contributed by atoms with van der Waals surface area (Å²) in [6.07, 6.45) is 2.48. The van der Waals surface area contributed by atoms with Crippen molar-refractivity contribution in [3.05, 3.63) is 33.0 Å². The van der Waals surface area contributed by atoms with Gasteiger partial charge in [-0.2, -0.15) is 0 Å². The number of hydrogen-bond donors (Lipinski definition) is 2. The zero-order valence-electron chi connectivity index (χ0n) is 9.99. The van der Waals surface area contributed by atoms with E-state index in [1.165, 1.54) is 12.8 Å². The van der Waals surface area contributed by atoms with Crippen molar-refractivity contribution >= 4 is 43.6 Å². The standard InChI is InChI=1S/C12H12Br2N4O/c13-7-1-4-10(9(14)5-7)16-12-18-17-11(19-12)6-15-8-2-3-8/h1,4-5,8,15H,2-3,6H2,(H,16,18). The highest BCUT2D eigenvalue weighted by molar-refractivity contribution is 9.11. The van der Waals surface area contributed by atoms with Gasteiger partial charge in [-0.1, -0.05) is 21.0 Å². The van der Waals surface area contributed by atoms with E-state index in [9.17, 15) is 0 Å². The van der Waals surface area contributed by atoms with E-state index >= 15 is 0 Å². The van der Waals surface area contributed by atoms with E-state index in [4.69, 9.17) is 4.42 Å². The van der Waals surface area contributed by atoms with Gasteiger partial charge >= 0.3 is 6.01 Å². The fourth-order valence-corrected chi connectivity index (χ4v) is 2.75. The molecular weight excluding hydrogens is 376 g/mol. The second-order valence-electron chi connectivity index (χ2n) is 4.41. The van der Waals surface area contributed by atoms with Crippen LogP contribution in [0.5, 0.6) is 0 Å². The van der Waals surface area contributed by atoms with E-state index in [2.05, 4.69) is 52.7 Å². The molecule has 7 heteroatoms. The molecule has 1 heterocycles. The Morgan fingerprint density at radius 3 is 2.84 bits per heavy atom. The summed E-state index contributed by atoms with van der Waals surface area (Å²) in [5, 5.41) is 14.4. The number of aromatic nitrogens is 2. The minimum Gasteiger partial charge on any atom is -0.406 e. The Hall–Kier alpha value is -0.920. The average molecular weight is 388 g/mol. The van der Waals surface area contributed by atoms with Crippen molar-refractivity contribution in [1.82, 2.24) is 15.5 Å². The van der Waals surface area contributed by atoms with E-state index in [-0.39, 0.29) is 0 Å². The predicted molar refractivity (Wildman–Crippen MR) is 79.3 cm³/mol. The molecule has 0 bridgehead atoms. The Morgan fingerprint density at radius 1 is 1.26 bits per heavy atom. The number of anilines is 2. The third kappa shape index (κ3) is 3.55. The average Bonchev–Trinajstić information content (AvgIpc) is 3.10. The van der Waals surface area contributed by atoms with Gasteiger partial charge in [0.2, 0.25) is 5.89 Å². The lowest BCUT2D eigenvalue weighted by Gasteiger charge is -2.04. The molecule has 1 aromatic carbocycles. The molecule has 0 atom stereocenters. The highest BCUT2D eigenvalue weighted by atomic mass is 79.9. The van der Waals surface area contributed by atoms with Crippen molar-refractivity contribution in [3.8, 4) is 0 Å². The molecule has 1 aliphatic rings. The molecule has 0 unspecified atom stereocenters. The third-order valence-electron chi connectivity index (χ3n) is 2.76. The summed E-state index contributed by atoms with van der Waals surface area (Å²) in [5.41, 5.74) is 0.883. The summed E-state index contributed by atoms with van der Waals surface area (Å²) in [6, 6.07) is 6.85. The lowest BCUT2D eigenvalue weighted by molar-refractivity contribution is 0.478. The fourth-order valence-electron chi connectivity index (χ4n) is 1.60. The van der Waals surface area contributed by atoms with E-state index in [1.807, 2.05) is 18.2 Å². The maximum atomic E-state index is 5.52. The Bertz CT molecular complexity index is 583. The molecule has 1 fully saturated rings. The van der Waals surface area contributed by atoms with Crippen LogP contribution in [0.25, 0.3) is 0 Å². The van der Waals surface area contributed by atoms with Gasteiger partial charge in [0.25, 0.3) is 0 Å². The molecule has 100 valence electrons. The van der Waals surface area contributed by atoms with Crippen LogP contribution in [0, 0.1) is 0 Å². The molecule has 1 aliphatic carbocycles. The fraction of sp³-hybridized carbons (Fsp3) is 0.333. The number of nitrogens with zero attached hydrogens (tertiary/aromatic N) is 2. The predicted octanol–water partition coefficient (Wildman–Crippen LogP) is 3.59. The summed E-state index contributed by atoms with van der Waals surface area (Å²) in [5.74, 6) is 0.600. The molecule has 1 aromatic heterocycles. The van der Waals surface area contributed by atoms with Crippen LogP contribution in [0.3, 0.4) is 0 Å². The van der Waals surface area contributed by atoms with Crippen LogP contribution in [0.15, 0.2) is 31.6 Å². The zero-order chi connectivity index (χ0) is 13.2. The highest BCUT2D eigenvalue weighted by Crippen LogP contribution is 2.28. The van der Waals surface area contributed by atoms with Crippen molar-refractivity contribution in [2.45, 2.75) is 25.4 Å². The SMILES string of the molecule is Brc1ccc(Nc2nnc(CNC3CC3)o2)c(Br)c1. The molecule has 19 heavy (non-hydrogen) atoms. The second-order valence-corrected chi connectivity index (χ2v) is 6.18. The Kier molecular flexibility index (Phi) is 3.86. The number of hydrogen-bond acceptors (Lipinski definition) is 5. The van der Waals surface area contributed by atoms with Gasteiger partial charge in [-0.25, -0.2) is 0 Å². The molecule has 0 aliphatic heterocycles. The van der Waals surface area contributed by atoms with Gasteiger partial charge in [0.1, 0.15) is 0 Å². The number of nitrogens with one attached hydrogen (secondary N) is 2. The van der Waals surface area contributed by atoms with Gasteiger partial charge in [-0.3, -0.25) is 0 Å². The van der Waals surface area contributed by atoms with Crippen molar-refractivity contribution < 1.29 is 4.42 Å².